The third kappa shape index (κ3) is 3.42. The van der Waals surface area contributed by atoms with Crippen LogP contribution in [0.1, 0.15) is 37.3 Å². The van der Waals surface area contributed by atoms with Crippen molar-refractivity contribution in [1.29, 1.82) is 0 Å². The number of hydrogen-bond donors (Lipinski definition) is 1. The van der Waals surface area contributed by atoms with E-state index in [9.17, 15) is 8.42 Å². The van der Waals surface area contributed by atoms with E-state index < -0.39 is 10.0 Å². The monoisotopic (exact) mass is 330 g/mol. The van der Waals surface area contributed by atoms with Crippen LogP contribution in [0.5, 0.6) is 0 Å². The minimum atomic E-state index is -3.48. The number of sulfonamides is 1. The Morgan fingerprint density at radius 1 is 1.43 bits per heavy atom. The summed E-state index contributed by atoms with van der Waals surface area (Å²) in [5.41, 5.74) is 7.17. The molecule has 1 aromatic carbocycles. The first-order valence-corrected chi connectivity index (χ1v) is 9.21. The third-order valence-corrected chi connectivity index (χ3v) is 6.43. The van der Waals surface area contributed by atoms with Gasteiger partial charge in [0.2, 0.25) is 10.0 Å². The molecule has 0 amide bonds. The van der Waals surface area contributed by atoms with Gasteiger partial charge in [-0.3, -0.25) is 0 Å². The van der Waals surface area contributed by atoms with Gasteiger partial charge in [0.15, 0.2) is 0 Å². The van der Waals surface area contributed by atoms with Crippen LogP contribution < -0.4 is 5.73 Å². The van der Waals surface area contributed by atoms with E-state index in [-0.39, 0.29) is 6.54 Å². The Morgan fingerprint density at radius 2 is 2.14 bits per heavy atom. The van der Waals surface area contributed by atoms with E-state index in [1.54, 1.807) is 23.4 Å². The Morgan fingerprint density at radius 3 is 2.76 bits per heavy atom. The molecule has 118 valence electrons. The van der Waals surface area contributed by atoms with Gasteiger partial charge in [0.25, 0.3) is 0 Å². The number of benzene rings is 1. The number of hydrogen-bond acceptors (Lipinski definition) is 3. The standard InChI is InChI=1S/C15H23ClN2O2S/c1-3-4-12-5-6-18(10-12)21(19,20)15-8-14(16)7-13(9-17)11(15)2/h7-8,12H,3-6,9-10,17H2,1-2H3. The lowest BCUT2D eigenvalue weighted by Gasteiger charge is -2.19. The summed E-state index contributed by atoms with van der Waals surface area (Å²) in [5, 5.41) is 0.420. The van der Waals surface area contributed by atoms with Gasteiger partial charge in [0, 0.05) is 24.7 Å². The summed E-state index contributed by atoms with van der Waals surface area (Å²) in [6.07, 6.45) is 3.11. The number of nitrogens with two attached hydrogens (primary N) is 1. The zero-order valence-electron chi connectivity index (χ0n) is 12.6. The molecule has 1 aromatic rings. The van der Waals surface area contributed by atoms with Gasteiger partial charge in [0.05, 0.1) is 4.90 Å². The molecule has 0 spiro atoms. The van der Waals surface area contributed by atoms with Crippen LogP contribution in [0.25, 0.3) is 0 Å². The third-order valence-electron chi connectivity index (χ3n) is 4.22. The second-order valence-electron chi connectivity index (χ2n) is 5.70. The maximum atomic E-state index is 12.9. The van der Waals surface area contributed by atoms with Gasteiger partial charge in [-0.25, -0.2) is 8.42 Å². The molecule has 0 radical (unpaired) electrons. The molecule has 1 atom stereocenters. The van der Waals surface area contributed by atoms with Crippen molar-refractivity contribution < 1.29 is 8.42 Å². The van der Waals surface area contributed by atoms with Crippen molar-refractivity contribution in [2.24, 2.45) is 11.7 Å². The predicted octanol–water partition coefficient (Wildman–Crippen LogP) is 2.92. The average molecular weight is 331 g/mol. The number of rotatable bonds is 5. The van der Waals surface area contributed by atoms with Gasteiger partial charge in [-0.2, -0.15) is 4.31 Å². The van der Waals surface area contributed by atoms with Gasteiger partial charge in [0.1, 0.15) is 0 Å². The van der Waals surface area contributed by atoms with Crippen molar-refractivity contribution >= 4 is 21.6 Å². The first-order valence-electron chi connectivity index (χ1n) is 7.39. The molecule has 0 aromatic heterocycles. The van der Waals surface area contributed by atoms with Crippen LogP contribution in [0.4, 0.5) is 0 Å². The molecule has 0 bridgehead atoms. The first-order chi connectivity index (χ1) is 9.90. The smallest absolute Gasteiger partial charge is 0.243 e. The summed E-state index contributed by atoms with van der Waals surface area (Å²) in [7, 11) is -3.48. The molecule has 1 heterocycles. The van der Waals surface area contributed by atoms with E-state index in [0.29, 0.717) is 34.5 Å². The highest BCUT2D eigenvalue weighted by Crippen LogP contribution is 2.31. The Balaban J connectivity index is 2.35. The molecular formula is C15H23ClN2O2S. The SMILES string of the molecule is CCCC1CCN(S(=O)(=O)c2cc(Cl)cc(CN)c2C)C1. The highest BCUT2D eigenvalue weighted by Gasteiger charge is 2.33. The highest BCUT2D eigenvalue weighted by atomic mass is 35.5. The van der Waals surface area contributed by atoms with Crippen LogP contribution in [0, 0.1) is 12.8 Å². The van der Waals surface area contributed by atoms with Crippen LogP contribution >= 0.6 is 11.6 Å². The lowest BCUT2D eigenvalue weighted by Crippen LogP contribution is -2.29. The molecule has 2 rings (SSSR count). The van der Waals surface area contributed by atoms with E-state index in [2.05, 4.69) is 6.92 Å². The molecule has 4 nitrogen and oxygen atoms in total. The zero-order chi connectivity index (χ0) is 15.6. The normalized spacial score (nSPS) is 20.1. The summed E-state index contributed by atoms with van der Waals surface area (Å²) >= 11 is 6.05. The molecular weight excluding hydrogens is 308 g/mol. The second kappa shape index (κ2) is 6.65. The molecule has 0 saturated carbocycles. The number of nitrogens with zero attached hydrogens (tertiary/aromatic N) is 1. The van der Waals surface area contributed by atoms with Crippen molar-refractivity contribution in [3.05, 3.63) is 28.3 Å². The Kier molecular flexibility index (Phi) is 5.30. The molecule has 6 heteroatoms. The van der Waals surface area contributed by atoms with Crippen molar-refractivity contribution in [2.75, 3.05) is 13.1 Å². The van der Waals surface area contributed by atoms with Gasteiger partial charge in [-0.05, 0) is 48.9 Å². The summed E-state index contributed by atoms with van der Waals surface area (Å²) in [6.45, 7) is 5.42. The maximum Gasteiger partial charge on any atom is 0.243 e. The Bertz CT molecular complexity index is 616. The van der Waals surface area contributed by atoms with Crippen molar-refractivity contribution in [2.45, 2.75) is 44.6 Å². The summed E-state index contributed by atoms with van der Waals surface area (Å²) in [5.74, 6) is 0.471. The average Bonchev–Trinajstić information content (AvgIpc) is 2.90. The molecule has 1 fully saturated rings. The quantitative estimate of drug-likeness (QED) is 0.902. The molecule has 1 saturated heterocycles. The van der Waals surface area contributed by atoms with Crippen LogP contribution in [-0.2, 0) is 16.6 Å². The van der Waals surface area contributed by atoms with Crippen LogP contribution in [0.2, 0.25) is 5.02 Å². The fourth-order valence-electron chi connectivity index (χ4n) is 2.99. The maximum absolute atomic E-state index is 12.9. The molecule has 21 heavy (non-hydrogen) atoms. The molecule has 1 unspecified atom stereocenters. The fraction of sp³-hybridized carbons (Fsp3) is 0.600. The minimum Gasteiger partial charge on any atom is -0.326 e. The van der Waals surface area contributed by atoms with E-state index >= 15 is 0 Å². The number of halogens is 1. The second-order valence-corrected chi connectivity index (χ2v) is 8.04. The van der Waals surface area contributed by atoms with Gasteiger partial charge >= 0.3 is 0 Å². The molecule has 1 aliphatic heterocycles. The van der Waals surface area contributed by atoms with E-state index in [1.165, 1.54) is 0 Å². The predicted molar refractivity (Wildman–Crippen MR) is 85.9 cm³/mol. The van der Waals surface area contributed by atoms with E-state index in [4.69, 9.17) is 17.3 Å². The van der Waals surface area contributed by atoms with Crippen molar-refractivity contribution in [3.8, 4) is 0 Å². The topological polar surface area (TPSA) is 63.4 Å². The van der Waals surface area contributed by atoms with Gasteiger partial charge < -0.3 is 5.73 Å². The Labute approximate surface area is 132 Å². The van der Waals surface area contributed by atoms with Gasteiger partial charge in [-0.15, -0.1) is 0 Å². The largest absolute Gasteiger partial charge is 0.326 e. The molecule has 0 aliphatic carbocycles. The summed E-state index contributed by atoms with van der Waals surface area (Å²) < 4.78 is 27.3. The van der Waals surface area contributed by atoms with Crippen LogP contribution in [0.15, 0.2) is 17.0 Å². The fourth-order valence-corrected chi connectivity index (χ4v) is 5.12. The minimum absolute atomic E-state index is 0.285. The van der Waals surface area contributed by atoms with Crippen LogP contribution in [-0.4, -0.2) is 25.8 Å². The lowest BCUT2D eigenvalue weighted by molar-refractivity contribution is 0.444. The van der Waals surface area contributed by atoms with Gasteiger partial charge in [-0.1, -0.05) is 24.9 Å². The molecule has 2 N–H and O–H groups in total. The zero-order valence-corrected chi connectivity index (χ0v) is 14.2. The van der Waals surface area contributed by atoms with Crippen molar-refractivity contribution in [1.82, 2.24) is 4.31 Å². The highest BCUT2D eigenvalue weighted by molar-refractivity contribution is 7.89. The molecule has 1 aliphatic rings. The summed E-state index contributed by atoms with van der Waals surface area (Å²) in [6, 6.07) is 3.28. The van der Waals surface area contributed by atoms with E-state index in [0.717, 1.165) is 24.8 Å². The Hall–Kier alpha value is -0.620. The lowest BCUT2D eigenvalue weighted by atomic mass is 10.0. The first kappa shape index (κ1) is 16.7. The van der Waals surface area contributed by atoms with Crippen molar-refractivity contribution in [3.63, 3.8) is 0 Å². The van der Waals surface area contributed by atoms with E-state index in [1.807, 2.05) is 0 Å². The summed E-state index contributed by atoms with van der Waals surface area (Å²) in [4.78, 5) is 0.299. The van der Waals surface area contributed by atoms with Crippen LogP contribution in [0.3, 0.4) is 0 Å².